The first kappa shape index (κ1) is 20.4. The molecule has 0 saturated carbocycles. The molecule has 3 amide bonds. The fraction of sp³-hybridized carbons (Fsp3) is 0.0769. The number of carbonyl (C=O) groups excluding carboxylic acids is 3. The Morgan fingerprint density at radius 2 is 1.42 bits per heavy atom. The predicted molar refractivity (Wildman–Crippen MR) is 123 cm³/mol. The van der Waals surface area contributed by atoms with Gasteiger partial charge in [-0.15, -0.1) is 0 Å². The van der Waals surface area contributed by atoms with Crippen molar-refractivity contribution in [2.75, 3.05) is 5.32 Å². The van der Waals surface area contributed by atoms with Gasteiger partial charge in [0.05, 0.1) is 36.1 Å². The standard InChI is InChI=1S/C26H20N4O3/c31-24(28-21-14-27-29(17-21)15-18-7-3-1-4-8-18)20-11-12-22-23(13-20)26(33)30(25(22)32)16-19-9-5-2-6-10-19/h1-14,17H,15-16H2,(H,28,31). The Morgan fingerprint density at radius 3 is 2.12 bits per heavy atom. The molecule has 0 unspecified atom stereocenters. The number of anilines is 1. The smallest absolute Gasteiger partial charge is 0.261 e. The molecule has 7 heteroatoms. The molecule has 5 rings (SSSR count). The molecule has 1 N–H and O–H groups in total. The molecule has 0 spiro atoms. The molecule has 0 aliphatic carbocycles. The number of nitrogens with one attached hydrogen (secondary N) is 1. The van der Waals surface area contributed by atoms with Gasteiger partial charge < -0.3 is 5.32 Å². The van der Waals surface area contributed by atoms with Gasteiger partial charge >= 0.3 is 0 Å². The number of hydrogen-bond donors (Lipinski definition) is 1. The number of imide groups is 1. The molecule has 4 aromatic rings. The van der Waals surface area contributed by atoms with E-state index in [1.807, 2.05) is 60.7 Å². The van der Waals surface area contributed by atoms with Gasteiger partial charge in [-0.3, -0.25) is 24.0 Å². The minimum absolute atomic E-state index is 0.190. The lowest BCUT2D eigenvalue weighted by molar-refractivity contribution is 0.0642. The van der Waals surface area contributed by atoms with Crippen LogP contribution in [0.3, 0.4) is 0 Å². The molecule has 0 radical (unpaired) electrons. The molecule has 0 saturated heterocycles. The lowest BCUT2D eigenvalue weighted by Gasteiger charge is -2.13. The highest BCUT2D eigenvalue weighted by atomic mass is 16.2. The molecule has 0 bridgehead atoms. The zero-order valence-electron chi connectivity index (χ0n) is 17.6. The van der Waals surface area contributed by atoms with E-state index in [9.17, 15) is 14.4 Å². The van der Waals surface area contributed by atoms with Crippen LogP contribution >= 0.6 is 0 Å². The van der Waals surface area contributed by atoms with E-state index in [0.717, 1.165) is 11.1 Å². The van der Waals surface area contributed by atoms with Crippen LogP contribution in [0, 0.1) is 0 Å². The largest absolute Gasteiger partial charge is 0.319 e. The van der Waals surface area contributed by atoms with Crippen LogP contribution in [-0.4, -0.2) is 32.4 Å². The summed E-state index contributed by atoms with van der Waals surface area (Å²) in [5, 5.41) is 7.08. The SMILES string of the molecule is O=C(Nc1cnn(Cc2ccccc2)c1)c1ccc2c(c1)C(=O)N(Cc1ccccc1)C2=O. The maximum absolute atomic E-state index is 12.9. The Bertz CT molecular complexity index is 1350. The minimum atomic E-state index is -0.399. The zero-order chi connectivity index (χ0) is 22.8. The summed E-state index contributed by atoms with van der Waals surface area (Å²) in [6.45, 7) is 0.777. The third-order valence-corrected chi connectivity index (χ3v) is 5.49. The first-order valence-electron chi connectivity index (χ1n) is 10.5. The summed E-state index contributed by atoms with van der Waals surface area (Å²) in [6.07, 6.45) is 3.32. The van der Waals surface area contributed by atoms with Gasteiger partial charge in [0, 0.05) is 11.8 Å². The maximum atomic E-state index is 12.9. The van der Waals surface area contributed by atoms with Gasteiger partial charge in [0.25, 0.3) is 17.7 Å². The van der Waals surface area contributed by atoms with Gasteiger partial charge in [-0.1, -0.05) is 60.7 Å². The molecule has 1 aliphatic heterocycles. The summed E-state index contributed by atoms with van der Waals surface area (Å²) in [5.41, 5.74) is 3.35. The number of benzene rings is 3. The van der Waals surface area contributed by atoms with Crippen molar-refractivity contribution in [2.24, 2.45) is 0 Å². The van der Waals surface area contributed by atoms with Crippen LogP contribution in [0.4, 0.5) is 5.69 Å². The summed E-state index contributed by atoms with van der Waals surface area (Å²) in [6, 6.07) is 23.8. The van der Waals surface area contributed by atoms with Crippen molar-refractivity contribution in [3.8, 4) is 0 Å². The molecule has 7 nitrogen and oxygen atoms in total. The summed E-state index contributed by atoms with van der Waals surface area (Å²) in [5.74, 6) is -1.13. The summed E-state index contributed by atoms with van der Waals surface area (Å²) >= 11 is 0. The minimum Gasteiger partial charge on any atom is -0.319 e. The van der Waals surface area contributed by atoms with Crippen molar-refractivity contribution >= 4 is 23.4 Å². The summed E-state index contributed by atoms with van der Waals surface area (Å²) in [4.78, 5) is 39.6. The first-order valence-corrected chi connectivity index (χ1v) is 10.5. The van der Waals surface area contributed by atoms with Crippen LogP contribution in [0.1, 0.15) is 42.2 Å². The third kappa shape index (κ3) is 4.16. The van der Waals surface area contributed by atoms with E-state index in [4.69, 9.17) is 0 Å². The number of amides is 3. The second-order valence-corrected chi connectivity index (χ2v) is 7.81. The van der Waals surface area contributed by atoms with Gasteiger partial charge in [0.1, 0.15) is 0 Å². The Kier molecular flexibility index (Phi) is 5.28. The molecular formula is C26H20N4O3. The van der Waals surface area contributed by atoms with E-state index in [0.29, 0.717) is 23.4 Å². The number of carbonyl (C=O) groups is 3. The van der Waals surface area contributed by atoms with E-state index in [-0.39, 0.29) is 23.9 Å². The lowest BCUT2D eigenvalue weighted by Crippen LogP contribution is -2.29. The quantitative estimate of drug-likeness (QED) is 0.464. The Morgan fingerprint density at radius 1 is 0.788 bits per heavy atom. The van der Waals surface area contributed by atoms with Crippen LogP contribution in [0.15, 0.2) is 91.3 Å². The number of fused-ring (bicyclic) bond motifs is 1. The molecule has 0 fully saturated rings. The molecule has 162 valence electrons. The number of aromatic nitrogens is 2. The number of nitrogens with zero attached hydrogens (tertiary/aromatic N) is 3. The molecule has 1 aromatic heterocycles. The van der Waals surface area contributed by atoms with Gasteiger partial charge in [-0.05, 0) is 29.3 Å². The molecule has 33 heavy (non-hydrogen) atoms. The van der Waals surface area contributed by atoms with Gasteiger partial charge in [0.2, 0.25) is 0 Å². The van der Waals surface area contributed by atoms with Crippen molar-refractivity contribution in [1.82, 2.24) is 14.7 Å². The molecule has 3 aromatic carbocycles. The Labute approximate surface area is 190 Å². The molecule has 2 heterocycles. The monoisotopic (exact) mass is 436 g/mol. The highest BCUT2D eigenvalue weighted by Gasteiger charge is 2.36. The second kappa shape index (κ2) is 8.55. The fourth-order valence-electron chi connectivity index (χ4n) is 3.83. The third-order valence-electron chi connectivity index (χ3n) is 5.49. The Hall–Kier alpha value is -4.52. The number of rotatable bonds is 6. The van der Waals surface area contributed by atoms with Crippen molar-refractivity contribution in [3.63, 3.8) is 0 Å². The Balaban J connectivity index is 1.30. The normalized spacial score (nSPS) is 12.7. The van der Waals surface area contributed by atoms with Crippen LogP contribution in [0.5, 0.6) is 0 Å². The average molecular weight is 436 g/mol. The highest BCUT2D eigenvalue weighted by molar-refractivity contribution is 6.22. The van der Waals surface area contributed by atoms with Gasteiger partial charge in [-0.25, -0.2) is 0 Å². The van der Waals surface area contributed by atoms with Gasteiger partial charge in [-0.2, -0.15) is 5.10 Å². The maximum Gasteiger partial charge on any atom is 0.261 e. The highest BCUT2D eigenvalue weighted by Crippen LogP contribution is 2.26. The molecule has 1 aliphatic rings. The fourth-order valence-corrected chi connectivity index (χ4v) is 3.83. The van der Waals surface area contributed by atoms with Crippen molar-refractivity contribution < 1.29 is 14.4 Å². The average Bonchev–Trinajstić information content (AvgIpc) is 3.37. The van der Waals surface area contributed by atoms with Crippen LogP contribution in [-0.2, 0) is 13.1 Å². The first-order chi connectivity index (χ1) is 16.1. The summed E-state index contributed by atoms with van der Waals surface area (Å²) in [7, 11) is 0. The van der Waals surface area contributed by atoms with Gasteiger partial charge in [0.15, 0.2) is 0 Å². The van der Waals surface area contributed by atoms with Crippen LogP contribution < -0.4 is 5.32 Å². The number of hydrogen-bond acceptors (Lipinski definition) is 4. The predicted octanol–water partition coefficient (Wildman–Crippen LogP) is 3.98. The second-order valence-electron chi connectivity index (χ2n) is 7.81. The van der Waals surface area contributed by atoms with Crippen molar-refractivity contribution in [3.05, 3.63) is 119 Å². The lowest BCUT2D eigenvalue weighted by atomic mass is 10.1. The van der Waals surface area contributed by atoms with E-state index >= 15 is 0 Å². The van der Waals surface area contributed by atoms with Crippen LogP contribution in [0.2, 0.25) is 0 Å². The summed E-state index contributed by atoms with van der Waals surface area (Å²) < 4.78 is 1.73. The molecule has 0 atom stereocenters. The van der Waals surface area contributed by atoms with Crippen molar-refractivity contribution in [2.45, 2.75) is 13.1 Å². The van der Waals surface area contributed by atoms with Crippen molar-refractivity contribution in [1.29, 1.82) is 0 Å². The van der Waals surface area contributed by atoms with E-state index in [2.05, 4.69) is 10.4 Å². The van der Waals surface area contributed by atoms with Crippen LogP contribution in [0.25, 0.3) is 0 Å². The zero-order valence-corrected chi connectivity index (χ0v) is 17.6. The van der Waals surface area contributed by atoms with E-state index in [1.54, 1.807) is 23.1 Å². The molecular weight excluding hydrogens is 416 g/mol. The van der Waals surface area contributed by atoms with E-state index < -0.39 is 5.91 Å². The topological polar surface area (TPSA) is 84.3 Å². The van der Waals surface area contributed by atoms with E-state index in [1.165, 1.54) is 17.0 Å².